The maximum Gasteiger partial charge on any atom is 0.239 e. The lowest BCUT2D eigenvalue weighted by atomic mass is 10.0. The summed E-state index contributed by atoms with van der Waals surface area (Å²) in [5, 5.41) is 3.25. The Balaban J connectivity index is 2.33. The summed E-state index contributed by atoms with van der Waals surface area (Å²) < 4.78 is 14.7. The van der Waals surface area contributed by atoms with Gasteiger partial charge in [0.2, 0.25) is 5.91 Å². The molecule has 4 nitrogen and oxygen atoms in total. The Kier molecular flexibility index (Phi) is 4.90. The first-order valence-corrected chi connectivity index (χ1v) is 7.08. The highest BCUT2D eigenvalue weighted by Crippen LogP contribution is 2.26. The minimum Gasteiger partial charge on any atom is -0.368 e. The number of amides is 1. The summed E-state index contributed by atoms with van der Waals surface area (Å²) in [4.78, 5) is 13.7. The van der Waals surface area contributed by atoms with Gasteiger partial charge in [-0.3, -0.25) is 9.69 Å². The Morgan fingerprint density at radius 2 is 2.21 bits per heavy atom. The Morgan fingerprint density at radius 3 is 2.95 bits per heavy atom. The first-order valence-electron chi connectivity index (χ1n) is 6.28. The molecule has 1 aliphatic rings. The second-order valence-electron chi connectivity index (χ2n) is 4.61. The first-order chi connectivity index (χ1) is 9.09. The maximum absolute atomic E-state index is 14.0. The summed E-state index contributed by atoms with van der Waals surface area (Å²) in [5.41, 5.74) is 5.82. The third-order valence-electron chi connectivity index (χ3n) is 3.26. The summed E-state index contributed by atoms with van der Waals surface area (Å²) in [6, 6.07) is 3.88. The molecule has 0 aliphatic carbocycles. The van der Waals surface area contributed by atoms with Gasteiger partial charge in [-0.2, -0.15) is 0 Å². The van der Waals surface area contributed by atoms with Gasteiger partial charge in [0.05, 0.1) is 0 Å². The molecule has 0 aromatic heterocycles. The lowest BCUT2D eigenvalue weighted by molar-refractivity contribution is -0.123. The molecule has 2 rings (SSSR count). The van der Waals surface area contributed by atoms with Crippen LogP contribution in [0, 0.1) is 5.82 Å². The molecule has 0 saturated carbocycles. The van der Waals surface area contributed by atoms with E-state index in [1.165, 1.54) is 6.07 Å². The van der Waals surface area contributed by atoms with Crippen molar-refractivity contribution in [2.45, 2.75) is 12.5 Å². The number of benzene rings is 1. The highest BCUT2D eigenvalue weighted by molar-refractivity contribution is 9.10. The minimum absolute atomic E-state index is 0.337. The van der Waals surface area contributed by atoms with E-state index in [4.69, 9.17) is 5.73 Å². The summed E-state index contributed by atoms with van der Waals surface area (Å²) in [7, 11) is 0. The smallest absolute Gasteiger partial charge is 0.239 e. The third kappa shape index (κ3) is 3.52. The van der Waals surface area contributed by atoms with Crippen LogP contribution in [0.4, 0.5) is 4.39 Å². The minimum atomic E-state index is -0.711. The number of nitrogens with two attached hydrogens (primary N) is 1. The predicted octanol–water partition coefficient (Wildman–Crippen LogP) is 1.41. The molecule has 1 saturated heterocycles. The Labute approximate surface area is 120 Å². The van der Waals surface area contributed by atoms with Gasteiger partial charge in [0.1, 0.15) is 11.9 Å². The third-order valence-corrected chi connectivity index (χ3v) is 3.76. The molecule has 6 heteroatoms. The topological polar surface area (TPSA) is 58.4 Å². The monoisotopic (exact) mass is 329 g/mol. The summed E-state index contributed by atoms with van der Waals surface area (Å²) >= 11 is 3.30. The lowest BCUT2D eigenvalue weighted by Crippen LogP contribution is -2.40. The van der Waals surface area contributed by atoms with Gasteiger partial charge in [-0.05, 0) is 31.2 Å². The predicted molar refractivity (Wildman–Crippen MR) is 75.1 cm³/mol. The molecule has 1 atom stereocenters. The quantitative estimate of drug-likeness (QED) is 0.881. The van der Waals surface area contributed by atoms with E-state index in [-0.39, 0.29) is 0 Å². The van der Waals surface area contributed by atoms with Crippen molar-refractivity contribution in [2.24, 2.45) is 5.73 Å². The highest BCUT2D eigenvalue weighted by atomic mass is 79.9. The van der Waals surface area contributed by atoms with E-state index < -0.39 is 17.8 Å². The average molecular weight is 330 g/mol. The van der Waals surface area contributed by atoms with Crippen molar-refractivity contribution in [3.8, 4) is 0 Å². The number of nitrogens with one attached hydrogen (secondary N) is 1. The van der Waals surface area contributed by atoms with Gasteiger partial charge in [-0.25, -0.2) is 4.39 Å². The number of halogens is 2. The van der Waals surface area contributed by atoms with E-state index in [2.05, 4.69) is 21.2 Å². The number of nitrogens with zero attached hydrogens (tertiary/aromatic N) is 1. The second kappa shape index (κ2) is 6.45. The van der Waals surface area contributed by atoms with Crippen molar-refractivity contribution < 1.29 is 9.18 Å². The van der Waals surface area contributed by atoms with E-state index in [0.717, 1.165) is 30.5 Å². The van der Waals surface area contributed by atoms with Gasteiger partial charge in [0.15, 0.2) is 0 Å². The van der Waals surface area contributed by atoms with Crippen molar-refractivity contribution in [1.29, 1.82) is 0 Å². The molecule has 0 bridgehead atoms. The SMILES string of the molecule is NC(=O)C(c1cc(Br)ccc1F)N1CCCNCC1. The molecule has 0 spiro atoms. The van der Waals surface area contributed by atoms with Crippen LogP contribution in [0.3, 0.4) is 0 Å². The summed E-state index contributed by atoms with van der Waals surface area (Å²) in [6.45, 7) is 3.09. The molecule has 1 unspecified atom stereocenters. The average Bonchev–Trinajstić information content (AvgIpc) is 2.62. The fourth-order valence-corrected chi connectivity index (χ4v) is 2.76. The number of primary amides is 1. The van der Waals surface area contributed by atoms with Gasteiger partial charge in [0.25, 0.3) is 0 Å². The molecule has 1 heterocycles. The van der Waals surface area contributed by atoms with Crippen LogP contribution in [0.2, 0.25) is 0 Å². The standard InChI is InChI=1S/C13H17BrFN3O/c14-9-2-3-11(15)10(8-9)12(13(16)19)18-6-1-4-17-5-7-18/h2-3,8,12,17H,1,4-7H2,(H2,16,19). The molecule has 3 N–H and O–H groups in total. The van der Waals surface area contributed by atoms with E-state index in [0.29, 0.717) is 12.1 Å². The normalized spacial score (nSPS) is 18.8. The Morgan fingerprint density at radius 1 is 1.42 bits per heavy atom. The van der Waals surface area contributed by atoms with Crippen molar-refractivity contribution >= 4 is 21.8 Å². The van der Waals surface area contributed by atoms with Gasteiger partial charge in [0, 0.05) is 29.7 Å². The molecule has 1 amide bonds. The van der Waals surface area contributed by atoms with E-state index >= 15 is 0 Å². The molecule has 1 aromatic carbocycles. The number of carbonyl (C=O) groups excluding carboxylic acids is 1. The van der Waals surface area contributed by atoms with Crippen LogP contribution in [0.1, 0.15) is 18.0 Å². The number of hydrogen-bond acceptors (Lipinski definition) is 3. The van der Waals surface area contributed by atoms with Gasteiger partial charge >= 0.3 is 0 Å². The van der Waals surface area contributed by atoms with Crippen LogP contribution in [0.25, 0.3) is 0 Å². The summed E-state index contributed by atoms with van der Waals surface area (Å²) in [5.74, 6) is -0.914. The van der Waals surface area contributed by atoms with Crippen molar-refractivity contribution in [2.75, 3.05) is 26.2 Å². The molecular formula is C13H17BrFN3O. The zero-order valence-electron chi connectivity index (χ0n) is 10.5. The second-order valence-corrected chi connectivity index (χ2v) is 5.53. The number of rotatable bonds is 3. The van der Waals surface area contributed by atoms with Gasteiger partial charge < -0.3 is 11.1 Å². The molecule has 104 valence electrons. The maximum atomic E-state index is 14.0. The van der Waals surface area contributed by atoms with E-state index in [1.54, 1.807) is 12.1 Å². The molecule has 1 aliphatic heterocycles. The van der Waals surface area contributed by atoms with Crippen molar-refractivity contribution in [3.05, 3.63) is 34.1 Å². The van der Waals surface area contributed by atoms with Crippen molar-refractivity contribution in [1.82, 2.24) is 10.2 Å². The van der Waals surface area contributed by atoms with Crippen LogP contribution in [-0.4, -0.2) is 37.0 Å². The summed E-state index contributed by atoms with van der Waals surface area (Å²) in [6.07, 6.45) is 0.916. The fourth-order valence-electron chi connectivity index (χ4n) is 2.38. The number of hydrogen-bond donors (Lipinski definition) is 2. The van der Waals surface area contributed by atoms with E-state index in [1.807, 2.05) is 4.90 Å². The van der Waals surface area contributed by atoms with Crippen LogP contribution in [0.15, 0.2) is 22.7 Å². The van der Waals surface area contributed by atoms with E-state index in [9.17, 15) is 9.18 Å². The largest absolute Gasteiger partial charge is 0.368 e. The number of carbonyl (C=O) groups is 1. The van der Waals surface area contributed by atoms with Gasteiger partial charge in [-0.1, -0.05) is 15.9 Å². The van der Waals surface area contributed by atoms with Crippen LogP contribution in [0.5, 0.6) is 0 Å². The highest BCUT2D eigenvalue weighted by Gasteiger charge is 2.28. The van der Waals surface area contributed by atoms with Crippen molar-refractivity contribution in [3.63, 3.8) is 0 Å². The Bertz CT molecular complexity index is 461. The molecule has 19 heavy (non-hydrogen) atoms. The van der Waals surface area contributed by atoms with Crippen LogP contribution >= 0.6 is 15.9 Å². The fraction of sp³-hybridized carbons (Fsp3) is 0.462. The molecule has 1 fully saturated rings. The first kappa shape index (κ1) is 14.4. The lowest BCUT2D eigenvalue weighted by Gasteiger charge is -2.28. The van der Waals surface area contributed by atoms with Crippen LogP contribution in [-0.2, 0) is 4.79 Å². The molecule has 0 radical (unpaired) electrons. The van der Waals surface area contributed by atoms with Crippen LogP contribution < -0.4 is 11.1 Å². The van der Waals surface area contributed by atoms with Gasteiger partial charge in [-0.15, -0.1) is 0 Å². The zero-order valence-corrected chi connectivity index (χ0v) is 12.1. The molecule has 1 aromatic rings. The molecular weight excluding hydrogens is 313 g/mol. The Hall–Kier alpha value is -0.980. The zero-order chi connectivity index (χ0) is 13.8.